The van der Waals surface area contributed by atoms with Gasteiger partial charge in [0.15, 0.2) is 0 Å². The van der Waals surface area contributed by atoms with E-state index in [0.717, 1.165) is 26.2 Å². The molecule has 4 nitrogen and oxygen atoms in total. The van der Waals surface area contributed by atoms with Gasteiger partial charge >= 0.3 is 0 Å². The summed E-state index contributed by atoms with van der Waals surface area (Å²) in [6.07, 6.45) is 0.260. The zero-order chi connectivity index (χ0) is 10.6. The predicted molar refractivity (Wildman–Crippen MR) is 56.4 cm³/mol. The number of nitrogens with zero attached hydrogens (tertiary/aromatic N) is 1. The number of aliphatic hydroxyl groups is 1. The summed E-state index contributed by atoms with van der Waals surface area (Å²) in [6, 6.07) is 0. The molecule has 4 heteroatoms. The predicted octanol–water partition coefficient (Wildman–Crippen LogP) is -0.322. The van der Waals surface area contributed by atoms with Crippen molar-refractivity contribution >= 4 is 0 Å². The zero-order valence-electron chi connectivity index (χ0n) is 9.42. The van der Waals surface area contributed by atoms with Gasteiger partial charge in [0.1, 0.15) is 0 Å². The molecule has 0 aromatic heterocycles. The van der Waals surface area contributed by atoms with Gasteiger partial charge in [-0.25, -0.2) is 0 Å². The SMILES string of the molecule is CN1CCOC(CNCC(C)(C)O)C1. The van der Waals surface area contributed by atoms with Crippen molar-refractivity contribution < 1.29 is 9.84 Å². The quantitative estimate of drug-likeness (QED) is 0.656. The summed E-state index contributed by atoms with van der Waals surface area (Å²) in [7, 11) is 2.10. The van der Waals surface area contributed by atoms with E-state index in [1.54, 1.807) is 13.8 Å². The summed E-state index contributed by atoms with van der Waals surface area (Å²) in [5.41, 5.74) is -0.638. The van der Waals surface area contributed by atoms with E-state index in [9.17, 15) is 5.11 Å². The molecule has 0 aromatic carbocycles. The van der Waals surface area contributed by atoms with Crippen molar-refractivity contribution in [3.8, 4) is 0 Å². The molecule has 1 saturated heterocycles. The maximum atomic E-state index is 9.49. The summed E-state index contributed by atoms with van der Waals surface area (Å²) in [6.45, 7) is 7.82. The average Bonchev–Trinajstić information content (AvgIpc) is 2.01. The summed E-state index contributed by atoms with van der Waals surface area (Å²) < 4.78 is 5.58. The van der Waals surface area contributed by atoms with E-state index in [4.69, 9.17) is 4.74 Å². The van der Waals surface area contributed by atoms with E-state index in [0.29, 0.717) is 6.54 Å². The molecule has 0 aromatic rings. The first-order valence-corrected chi connectivity index (χ1v) is 5.20. The highest BCUT2D eigenvalue weighted by Crippen LogP contribution is 2.02. The highest BCUT2D eigenvalue weighted by Gasteiger charge is 2.18. The van der Waals surface area contributed by atoms with Crippen molar-refractivity contribution in [1.29, 1.82) is 0 Å². The van der Waals surface area contributed by atoms with Crippen molar-refractivity contribution in [3.05, 3.63) is 0 Å². The highest BCUT2D eigenvalue weighted by molar-refractivity contribution is 4.74. The molecule has 1 aliphatic rings. The largest absolute Gasteiger partial charge is 0.389 e. The molecule has 1 unspecified atom stereocenters. The van der Waals surface area contributed by atoms with Crippen LogP contribution in [0.4, 0.5) is 0 Å². The van der Waals surface area contributed by atoms with Gasteiger partial charge in [-0.3, -0.25) is 0 Å². The molecule has 2 N–H and O–H groups in total. The maximum absolute atomic E-state index is 9.49. The Bertz CT molecular complexity index is 168. The zero-order valence-corrected chi connectivity index (χ0v) is 9.42. The first-order chi connectivity index (χ1) is 6.47. The van der Waals surface area contributed by atoms with Crippen LogP contribution >= 0.6 is 0 Å². The molecule has 1 atom stereocenters. The highest BCUT2D eigenvalue weighted by atomic mass is 16.5. The Hall–Kier alpha value is -0.160. The number of rotatable bonds is 4. The van der Waals surface area contributed by atoms with E-state index in [-0.39, 0.29) is 6.10 Å². The molecule has 0 aliphatic carbocycles. The van der Waals surface area contributed by atoms with E-state index < -0.39 is 5.60 Å². The van der Waals surface area contributed by atoms with Crippen molar-refractivity contribution in [3.63, 3.8) is 0 Å². The molecule has 1 fully saturated rings. The number of likely N-dealkylation sites (N-methyl/N-ethyl adjacent to an activating group) is 1. The van der Waals surface area contributed by atoms with Crippen LogP contribution in [0, 0.1) is 0 Å². The third-order valence-corrected chi connectivity index (χ3v) is 2.27. The lowest BCUT2D eigenvalue weighted by atomic mass is 10.1. The summed E-state index contributed by atoms with van der Waals surface area (Å²) in [5, 5.41) is 12.7. The molecular weight excluding hydrogens is 180 g/mol. The first kappa shape index (κ1) is 11.9. The summed E-state index contributed by atoms with van der Waals surface area (Å²) in [5.74, 6) is 0. The molecule has 0 amide bonds. The Morgan fingerprint density at radius 2 is 2.29 bits per heavy atom. The van der Waals surface area contributed by atoms with Crippen LogP contribution in [-0.4, -0.2) is 61.5 Å². The van der Waals surface area contributed by atoms with E-state index >= 15 is 0 Å². The van der Waals surface area contributed by atoms with Crippen LogP contribution in [0.2, 0.25) is 0 Å². The van der Waals surface area contributed by atoms with Gasteiger partial charge in [-0.15, -0.1) is 0 Å². The van der Waals surface area contributed by atoms with Crippen LogP contribution in [0.25, 0.3) is 0 Å². The van der Waals surface area contributed by atoms with Gasteiger partial charge in [-0.1, -0.05) is 0 Å². The number of hydrogen-bond acceptors (Lipinski definition) is 4. The third-order valence-electron chi connectivity index (χ3n) is 2.27. The van der Waals surface area contributed by atoms with E-state index in [2.05, 4.69) is 17.3 Å². The minimum absolute atomic E-state index is 0.260. The van der Waals surface area contributed by atoms with Crippen molar-refractivity contribution in [2.45, 2.75) is 25.6 Å². The first-order valence-electron chi connectivity index (χ1n) is 5.20. The Morgan fingerprint density at radius 1 is 1.57 bits per heavy atom. The topological polar surface area (TPSA) is 44.7 Å². The minimum Gasteiger partial charge on any atom is -0.389 e. The van der Waals surface area contributed by atoms with Crippen molar-refractivity contribution in [1.82, 2.24) is 10.2 Å². The second-order valence-corrected chi connectivity index (χ2v) is 4.70. The summed E-state index contributed by atoms with van der Waals surface area (Å²) in [4.78, 5) is 2.26. The molecule has 0 spiro atoms. The van der Waals surface area contributed by atoms with Crippen LogP contribution in [0.15, 0.2) is 0 Å². The molecule has 0 bridgehead atoms. The second kappa shape index (κ2) is 5.07. The minimum atomic E-state index is -0.638. The number of morpholine rings is 1. The lowest BCUT2D eigenvalue weighted by molar-refractivity contribution is -0.0209. The molecule has 1 heterocycles. The molecule has 0 saturated carbocycles. The van der Waals surface area contributed by atoms with Gasteiger partial charge in [0.05, 0.1) is 18.3 Å². The number of ether oxygens (including phenoxy) is 1. The van der Waals surface area contributed by atoms with E-state index in [1.165, 1.54) is 0 Å². The van der Waals surface area contributed by atoms with Crippen molar-refractivity contribution in [2.75, 3.05) is 39.8 Å². The van der Waals surface area contributed by atoms with Crippen LogP contribution < -0.4 is 5.32 Å². The van der Waals surface area contributed by atoms with Crippen LogP contribution in [0.5, 0.6) is 0 Å². The Balaban J connectivity index is 2.12. The van der Waals surface area contributed by atoms with Gasteiger partial charge in [0.25, 0.3) is 0 Å². The molecule has 0 radical (unpaired) electrons. The normalized spacial score (nSPS) is 25.3. The van der Waals surface area contributed by atoms with Gasteiger partial charge in [-0.05, 0) is 20.9 Å². The fraction of sp³-hybridized carbons (Fsp3) is 1.00. The molecule has 14 heavy (non-hydrogen) atoms. The van der Waals surface area contributed by atoms with Gasteiger partial charge in [0.2, 0.25) is 0 Å². The monoisotopic (exact) mass is 202 g/mol. The lowest BCUT2D eigenvalue weighted by Crippen LogP contribution is -2.47. The van der Waals surface area contributed by atoms with Gasteiger partial charge in [0, 0.05) is 26.2 Å². The number of hydrogen-bond donors (Lipinski definition) is 2. The second-order valence-electron chi connectivity index (χ2n) is 4.70. The lowest BCUT2D eigenvalue weighted by Gasteiger charge is -2.30. The Labute approximate surface area is 86.2 Å². The molecule has 1 aliphatic heterocycles. The molecular formula is C10H22N2O2. The smallest absolute Gasteiger partial charge is 0.0826 e. The average molecular weight is 202 g/mol. The number of nitrogens with one attached hydrogen (secondary N) is 1. The van der Waals surface area contributed by atoms with Gasteiger partial charge < -0.3 is 20.1 Å². The molecule has 84 valence electrons. The maximum Gasteiger partial charge on any atom is 0.0826 e. The Kier molecular flexibility index (Phi) is 4.31. The fourth-order valence-electron chi connectivity index (χ4n) is 1.53. The van der Waals surface area contributed by atoms with Crippen LogP contribution in [0.3, 0.4) is 0 Å². The van der Waals surface area contributed by atoms with Crippen molar-refractivity contribution in [2.24, 2.45) is 0 Å². The summed E-state index contributed by atoms with van der Waals surface area (Å²) >= 11 is 0. The van der Waals surface area contributed by atoms with Crippen LogP contribution in [0.1, 0.15) is 13.8 Å². The van der Waals surface area contributed by atoms with Crippen LogP contribution in [-0.2, 0) is 4.74 Å². The third kappa shape index (κ3) is 4.91. The Morgan fingerprint density at radius 3 is 2.86 bits per heavy atom. The van der Waals surface area contributed by atoms with Gasteiger partial charge in [-0.2, -0.15) is 0 Å². The standard InChI is InChI=1S/C10H22N2O2/c1-10(2,13)8-11-6-9-7-12(3)4-5-14-9/h9,11,13H,4-8H2,1-3H3. The fourth-order valence-corrected chi connectivity index (χ4v) is 1.53. The van der Waals surface area contributed by atoms with E-state index in [1.807, 2.05) is 0 Å². The molecule has 1 rings (SSSR count).